The van der Waals surface area contributed by atoms with E-state index in [0.717, 1.165) is 29.7 Å². The summed E-state index contributed by atoms with van der Waals surface area (Å²) in [6.07, 6.45) is 0.563. The van der Waals surface area contributed by atoms with Gasteiger partial charge >= 0.3 is 5.97 Å². The van der Waals surface area contributed by atoms with Gasteiger partial charge in [-0.15, -0.1) is 0 Å². The molecule has 0 radical (unpaired) electrons. The number of hydrogen-bond acceptors (Lipinski definition) is 4. The second-order valence-electron chi connectivity index (χ2n) is 7.61. The van der Waals surface area contributed by atoms with Gasteiger partial charge in [-0.25, -0.2) is 4.39 Å². The molecule has 164 valence electrons. The van der Waals surface area contributed by atoms with Crippen LogP contribution < -0.4 is 10.2 Å². The minimum Gasteiger partial charge on any atom is -0.452 e. The van der Waals surface area contributed by atoms with E-state index in [-0.39, 0.29) is 18.9 Å². The molecular weight excluding hydrogens is 399 g/mol. The molecule has 2 amide bonds. The van der Waals surface area contributed by atoms with Crippen LogP contribution in [-0.4, -0.2) is 30.4 Å². The number of rotatable bonds is 7. The topological polar surface area (TPSA) is 75.7 Å². The lowest BCUT2D eigenvalue weighted by Crippen LogP contribution is -2.33. The molecule has 2 aromatic carbocycles. The summed E-state index contributed by atoms with van der Waals surface area (Å²) in [6, 6.07) is 11.3. The summed E-state index contributed by atoms with van der Waals surface area (Å²) < 4.78 is 18.3. The molecule has 2 unspecified atom stereocenters. The molecule has 2 aromatic rings. The molecular formula is C24H27FN2O4. The van der Waals surface area contributed by atoms with Gasteiger partial charge in [-0.1, -0.05) is 32.0 Å². The molecule has 0 saturated carbocycles. The molecule has 0 aliphatic carbocycles. The number of carbonyl (C=O) groups excluding carboxylic acids is 3. The molecule has 0 bridgehead atoms. The normalized spacial score (nSPS) is 16.8. The summed E-state index contributed by atoms with van der Waals surface area (Å²) in [7, 11) is 0. The predicted molar refractivity (Wildman–Crippen MR) is 116 cm³/mol. The Labute approximate surface area is 181 Å². The number of halogens is 1. The summed E-state index contributed by atoms with van der Waals surface area (Å²) in [5, 5.41) is 2.58. The van der Waals surface area contributed by atoms with E-state index in [2.05, 4.69) is 5.32 Å². The van der Waals surface area contributed by atoms with Crippen molar-refractivity contribution in [2.45, 2.75) is 46.1 Å². The van der Waals surface area contributed by atoms with E-state index in [4.69, 9.17) is 4.74 Å². The highest BCUT2D eigenvalue weighted by Crippen LogP contribution is 2.33. The SMILES string of the molecule is CCc1cccc(CC)c1N1CC(C(=O)OC(C)C(=O)Nc2ccc(F)cc2)CC1=O. The van der Waals surface area contributed by atoms with Gasteiger partial charge in [0.2, 0.25) is 5.91 Å². The lowest BCUT2D eigenvalue weighted by atomic mass is 10.0. The fraction of sp³-hybridized carbons (Fsp3) is 0.375. The molecule has 31 heavy (non-hydrogen) atoms. The van der Waals surface area contributed by atoms with Crippen LogP contribution in [0.4, 0.5) is 15.8 Å². The second-order valence-corrected chi connectivity index (χ2v) is 7.61. The van der Waals surface area contributed by atoms with E-state index >= 15 is 0 Å². The van der Waals surface area contributed by atoms with Gasteiger partial charge in [0.1, 0.15) is 5.82 Å². The van der Waals surface area contributed by atoms with Crippen LogP contribution in [-0.2, 0) is 32.0 Å². The van der Waals surface area contributed by atoms with Crippen molar-refractivity contribution in [1.82, 2.24) is 0 Å². The molecule has 1 heterocycles. The standard InChI is InChI=1S/C24H27FN2O4/c1-4-16-7-6-8-17(5-2)22(16)27-14-18(13-21(27)28)24(30)31-15(3)23(29)26-20-11-9-19(25)10-12-20/h6-12,15,18H,4-5,13-14H2,1-3H3,(H,26,29). The van der Waals surface area contributed by atoms with Crippen LogP contribution in [0, 0.1) is 11.7 Å². The monoisotopic (exact) mass is 426 g/mol. The van der Waals surface area contributed by atoms with Gasteiger partial charge in [0, 0.05) is 24.3 Å². The number of carbonyl (C=O) groups is 3. The average Bonchev–Trinajstić information content (AvgIpc) is 3.15. The highest BCUT2D eigenvalue weighted by molar-refractivity contribution is 6.01. The fourth-order valence-electron chi connectivity index (χ4n) is 3.74. The molecule has 3 rings (SSSR count). The zero-order valence-corrected chi connectivity index (χ0v) is 18.0. The third kappa shape index (κ3) is 5.10. The zero-order chi connectivity index (χ0) is 22.5. The van der Waals surface area contributed by atoms with Crippen LogP contribution in [0.25, 0.3) is 0 Å². The summed E-state index contributed by atoms with van der Waals surface area (Å²) >= 11 is 0. The molecule has 1 saturated heterocycles. The summed E-state index contributed by atoms with van der Waals surface area (Å²) in [4.78, 5) is 39.4. The molecule has 1 aliphatic rings. The lowest BCUT2D eigenvalue weighted by Gasteiger charge is -2.23. The molecule has 0 aromatic heterocycles. The number of para-hydroxylation sites is 1. The minimum atomic E-state index is -1.05. The van der Waals surface area contributed by atoms with Crippen molar-refractivity contribution in [2.24, 2.45) is 5.92 Å². The Morgan fingerprint density at radius 2 is 1.74 bits per heavy atom. The Morgan fingerprint density at radius 1 is 1.13 bits per heavy atom. The third-order valence-corrected chi connectivity index (χ3v) is 5.47. The van der Waals surface area contributed by atoms with Gasteiger partial charge in [0.05, 0.1) is 5.92 Å². The van der Waals surface area contributed by atoms with Gasteiger partial charge in [-0.3, -0.25) is 14.4 Å². The summed E-state index contributed by atoms with van der Waals surface area (Å²) in [5.41, 5.74) is 3.41. The van der Waals surface area contributed by atoms with Crippen LogP contribution in [0.5, 0.6) is 0 Å². The Balaban J connectivity index is 1.65. The van der Waals surface area contributed by atoms with Crippen LogP contribution in [0.15, 0.2) is 42.5 Å². The van der Waals surface area contributed by atoms with Crippen LogP contribution in [0.3, 0.4) is 0 Å². The molecule has 2 atom stereocenters. The molecule has 0 spiro atoms. The van der Waals surface area contributed by atoms with Crippen molar-refractivity contribution >= 4 is 29.2 Å². The second kappa shape index (κ2) is 9.73. The summed E-state index contributed by atoms with van der Waals surface area (Å²) in [6.45, 7) is 5.76. The number of aryl methyl sites for hydroxylation is 2. The number of nitrogens with one attached hydrogen (secondary N) is 1. The third-order valence-electron chi connectivity index (χ3n) is 5.47. The highest BCUT2D eigenvalue weighted by Gasteiger charge is 2.38. The first-order valence-electron chi connectivity index (χ1n) is 10.5. The number of nitrogens with zero attached hydrogens (tertiary/aromatic N) is 1. The van der Waals surface area contributed by atoms with E-state index < -0.39 is 29.7 Å². The number of benzene rings is 2. The maximum atomic E-state index is 13.0. The average molecular weight is 426 g/mol. The van der Waals surface area contributed by atoms with E-state index in [1.807, 2.05) is 32.0 Å². The van der Waals surface area contributed by atoms with Gasteiger partial charge < -0.3 is 15.0 Å². The Morgan fingerprint density at radius 3 is 2.32 bits per heavy atom. The van der Waals surface area contributed by atoms with Gasteiger partial charge in [-0.05, 0) is 55.2 Å². The van der Waals surface area contributed by atoms with Crippen molar-refractivity contribution in [3.05, 3.63) is 59.4 Å². The van der Waals surface area contributed by atoms with Crippen LogP contribution >= 0.6 is 0 Å². The van der Waals surface area contributed by atoms with E-state index in [1.54, 1.807) is 4.90 Å². The molecule has 1 fully saturated rings. The fourth-order valence-corrected chi connectivity index (χ4v) is 3.74. The quantitative estimate of drug-likeness (QED) is 0.682. The van der Waals surface area contributed by atoms with Crippen molar-refractivity contribution in [3.63, 3.8) is 0 Å². The van der Waals surface area contributed by atoms with Gasteiger partial charge in [0.15, 0.2) is 6.10 Å². The molecule has 1 aliphatic heterocycles. The number of ether oxygens (including phenoxy) is 1. The lowest BCUT2D eigenvalue weighted by molar-refractivity contribution is -0.157. The predicted octanol–water partition coefficient (Wildman–Crippen LogP) is 3.87. The number of hydrogen-bond donors (Lipinski definition) is 1. The highest BCUT2D eigenvalue weighted by atomic mass is 19.1. The first kappa shape index (κ1) is 22.5. The first-order valence-corrected chi connectivity index (χ1v) is 10.5. The Bertz CT molecular complexity index is 952. The Hall–Kier alpha value is -3.22. The molecule has 6 nitrogen and oxygen atoms in total. The van der Waals surface area contributed by atoms with Crippen molar-refractivity contribution in [1.29, 1.82) is 0 Å². The Kier molecular flexibility index (Phi) is 7.05. The first-order chi connectivity index (χ1) is 14.8. The minimum absolute atomic E-state index is 0.0480. The number of anilines is 2. The van der Waals surface area contributed by atoms with Gasteiger partial charge in [-0.2, -0.15) is 0 Å². The van der Waals surface area contributed by atoms with Crippen molar-refractivity contribution < 1.29 is 23.5 Å². The molecule has 1 N–H and O–H groups in total. The maximum Gasteiger partial charge on any atom is 0.312 e. The van der Waals surface area contributed by atoms with Gasteiger partial charge in [0.25, 0.3) is 5.91 Å². The van der Waals surface area contributed by atoms with E-state index in [0.29, 0.717) is 5.69 Å². The number of amides is 2. The largest absolute Gasteiger partial charge is 0.452 e. The van der Waals surface area contributed by atoms with E-state index in [1.165, 1.54) is 31.2 Å². The number of esters is 1. The molecule has 7 heteroatoms. The van der Waals surface area contributed by atoms with Crippen molar-refractivity contribution in [3.8, 4) is 0 Å². The maximum absolute atomic E-state index is 13.0. The summed E-state index contributed by atoms with van der Waals surface area (Å²) in [5.74, 6) is -2.27. The van der Waals surface area contributed by atoms with Crippen LogP contribution in [0.1, 0.15) is 38.3 Å². The van der Waals surface area contributed by atoms with Crippen LogP contribution in [0.2, 0.25) is 0 Å². The van der Waals surface area contributed by atoms with Crippen molar-refractivity contribution in [2.75, 3.05) is 16.8 Å². The van der Waals surface area contributed by atoms with E-state index in [9.17, 15) is 18.8 Å². The smallest absolute Gasteiger partial charge is 0.312 e. The zero-order valence-electron chi connectivity index (χ0n) is 18.0.